The van der Waals surface area contributed by atoms with Gasteiger partial charge in [-0.15, -0.1) is 0 Å². The van der Waals surface area contributed by atoms with Crippen LogP contribution in [0, 0.1) is 56.7 Å². The van der Waals surface area contributed by atoms with Crippen LogP contribution in [0.2, 0.25) is 0 Å². The number of carbonyl (C=O) groups excluding carboxylic acids is 2. The average molecular weight is 439 g/mol. The van der Waals surface area contributed by atoms with E-state index in [9.17, 15) is 9.59 Å². The highest BCUT2D eigenvalue weighted by Gasteiger charge is 2.70. The molecule has 0 aromatic heterocycles. The number of hydrogen-bond donors (Lipinski definition) is 0. The lowest BCUT2D eigenvalue weighted by atomic mass is 9.32. The summed E-state index contributed by atoms with van der Waals surface area (Å²) in [6, 6.07) is 0. The zero-order valence-electron chi connectivity index (χ0n) is 21.6. The van der Waals surface area contributed by atoms with Gasteiger partial charge in [0, 0.05) is 17.3 Å². The van der Waals surface area contributed by atoms with Crippen molar-refractivity contribution in [2.24, 2.45) is 56.7 Å². The number of rotatable bonds is 2. The maximum absolute atomic E-state index is 12.9. The summed E-state index contributed by atoms with van der Waals surface area (Å²) in [6.45, 7) is 18.9. The lowest BCUT2D eigenvalue weighted by molar-refractivity contribution is -0.231. The molecular weight excluding hydrogens is 392 g/mol. The molecular formula is C30H46O2. The van der Waals surface area contributed by atoms with E-state index in [1.165, 1.54) is 44.0 Å². The van der Waals surface area contributed by atoms with Crippen LogP contribution in [0.4, 0.5) is 0 Å². The number of allylic oxidation sites excluding steroid dienone is 1. The molecule has 6 unspecified atom stereocenters. The first-order chi connectivity index (χ1) is 14.9. The summed E-state index contributed by atoms with van der Waals surface area (Å²) in [5.74, 6) is 3.34. The second-order valence-corrected chi connectivity index (χ2v) is 14.2. The number of hydrogen-bond acceptors (Lipinski definition) is 2. The van der Waals surface area contributed by atoms with Crippen LogP contribution < -0.4 is 0 Å². The first-order valence-electron chi connectivity index (χ1n) is 13.5. The summed E-state index contributed by atoms with van der Waals surface area (Å²) in [7, 11) is 0. The van der Waals surface area contributed by atoms with Crippen LogP contribution in [0.1, 0.15) is 106 Å². The third kappa shape index (κ3) is 2.54. The number of ketones is 1. The minimum atomic E-state index is -0.179. The van der Waals surface area contributed by atoms with Crippen molar-refractivity contribution in [2.45, 2.75) is 106 Å². The molecule has 5 aliphatic rings. The molecule has 0 amide bonds. The van der Waals surface area contributed by atoms with E-state index >= 15 is 0 Å². The average Bonchev–Trinajstić information content (AvgIpc) is 3.12. The molecule has 9 atom stereocenters. The Balaban J connectivity index is 1.56. The molecule has 5 fully saturated rings. The Morgan fingerprint density at radius 3 is 2.25 bits per heavy atom. The molecule has 178 valence electrons. The Kier molecular flexibility index (Phi) is 4.87. The van der Waals surface area contributed by atoms with Gasteiger partial charge >= 0.3 is 0 Å². The first kappa shape index (κ1) is 22.9. The Morgan fingerprint density at radius 1 is 0.875 bits per heavy atom. The maximum atomic E-state index is 12.9. The molecule has 5 rings (SSSR count). The minimum Gasteiger partial charge on any atom is -0.303 e. The standard InChI is InChI=1S/C30H46O2/c1-19(2)20-10-15-30(18-31)17-16-28(6)21(25(20)30)8-9-23-27(5)13-12-24(32)26(3,4)22(27)11-14-29(23,28)7/h18,20-23,25H,1,8-17H2,2-7H3/t20?,21?,22?,23?,25?,27-,28+,29+,30?/m0/s1. The number of fused-ring (bicyclic) bond motifs is 7. The van der Waals surface area contributed by atoms with E-state index in [2.05, 4.69) is 48.1 Å². The third-order valence-electron chi connectivity index (χ3n) is 13.1. The second kappa shape index (κ2) is 6.82. The highest BCUT2D eigenvalue weighted by Crippen LogP contribution is 2.77. The summed E-state index contributed by atoms with van der Waals surface area (Å²) in [5, 5.41) is 0. The molecule has 2 nitrogen and oxygen atoms in total. The molecule has 5 aliphatic carbocycles. The van der Waals surface area contributed by atoms with E-state index in [1.807, 2.05) is 0 Å². The zero-order valence-corrected chi connectivity index (χ0v) is 21.6. The molecule has 0 spiro atoms. The van der Waals surface area contributed by atoms with E-state index in [-0.39, 0.29) is 21.7 Å². The van der Waals surface area contributed by atoms with Gasteiger partial charge in [0.05, 0.1) is 0 Å². The Bertz CT molecular complexity index is 855. The van der Waals surface area contributed by atoms with Crippen LogP contribution in [0.5, 0.6) is 0 Å². The van der Waals surface area contributed by atoms with Gasteiger partial charge in [-0.3, -0.25) is 4.79 Å². The fraction of sp³-hybridized carbons (Fsp3) is 0.867. The van der Waals surface area contributed by atoms with Gasteiger partial charge in [-0.05, 0) is 111 Å². The largest absolute Gasteiger partial charge is 0.303 e. The van der Waals surface area contributed by atoms with Crippen LogP contribution in [-0.4, -0.2) is 12.1 Å². The van der Waals surface area contributed by atoms with Crippen molar-refractivity contribution in [1.82, 2.24) is 0 Å². The van der Waals surface area contributed by atoms with Gasteiger partial charge in [0.25, 0.3) is 0 Å². The predicted octanol–water partition coefficient (Wildman–Crippen LogP) is 7.41. The lowest BCUT2D eigenvalue weighted by Gasteiger charge is -2.72. The van der Waals surface area contributed by atoms with Crippen LogP contribution in [0.3, 0.4) is 0 Å². The summed E-state index contributed by atoms with van der Waals surface area (Å²) >= 11 is 0. The maximum Gasteiger partial charge on any atom is 0.138 e. The van der Waals surface area contributed by atoms with Crippen LogP contribution in [0.25, 0.3) is 0 Å². The van der Waals surface area contributed by atoms with Crippen molar-refractivity contribution in [1.29, 1.82) is 0 Å². The SMILES string of the molecule is C=C(C)C1CCC2(C=O)CC[C@]3(C)C(CCC4[C@@]5(C)CCC(=O)C(C)(C)C5CC[C@]43C)C12. The summed E-state index contributed by atoms with van der Waals surface area (Å²) < 4.78 is 0. The second-order valence-electron chi connectivity index (χ2n) is 14.2. The van der Waals surface area contributed by atoms with Gasteiger partial charge in [-0.2, -0.15) is 0 Å². The van der Waals surface area contributed by atoms with Crippen molar-refractivity contribution in [2.75, 3.05) is 0 Å². The van der Waals surface area contributed by atoms with Gasteiger partial charge in [0.2, 0.25) is 0 Å². The highest BCUT2D eigenvalue weighted by atomic mass is 16.1. The summed E-state index contributed by atoms with van der Waals surface area (Å²) in [4.78, 5) is 25.4. The van der Waals surface area contributed by atoms with E-state index < -0.39 is 0 Å². The number of carbonyl (C=O) groups is 2. The van der Waals surface area contributed by atoms with Gasteiger partial charge in [0.15, 0.2) is 0 Å². The quantitative estimate of drug-likeness (QED) is 0.332. The lowest BCUT2D eigenvalue weighted by Crippen LogP contribution is -2.66. The molecule has 0 heterocycles. The molecule has 5 saturated carbocycles. The van der Waals surface area contributed by atoms with Crippen LogP contribution >= 0.6 is 0 Å². The third-order valence-corrected chi connectivity index (χ3v) is 13.1. The Labute approximate surface area is 196 Å². The number of aldehydes is 1. The summed E-state index contributed by atoms with van der Waals surface area (Å²) in [5.41, 5.74) is 1.87. The van der Waals surface area contributed by atoms with E-state index in [0.29, 0.717) is 40.8 Å². The summed E-state index contributed by atoms with van der Waals surface area (Å²) in [6.07, 6.45) is 12.7. The minimum absolute atomic E-state index is 0.0999. The molecule has 0 bridgehead atoms. The van der Waals surface area contributed by atoms with Crippen LogP contribution in [0.15, 0.2) is 12.2 Å². The van der Waals surface area contributed by atoms with Crippen molar-refractivity contribution >= 4 is 12.1 Å². The van der Waals surface area contributed by atoms with Crippen molar-refractivity contribution in [3.8, 4) is 0 Å². The fourth-order valence-electron chi connectivity index (χ4n) is 11.2. The number of Topliss-reactive ketones (excluding diaryl/α,β-unsaturated/α-hetero) is 1. The Hall–Kier alpha value is -0.920. The van der Waals surface area contributed by atoms with E-state index in [0.717, 1.165) is 32.1 Å². The first-order valence-corrected chi connectivity index (χ1v) is 13.5. The molecule has 0 saturated heterocycles. The molecule has 0 aromatic carbocycles. The van der Waals surface area contributed by atoms with Gasteiger partial charge in [-0.1, -0.05) is 46.8 Å². The van der Waals surface area contributed by atoms with Crippen molar-refractivity contribution in [3.05, 3.63) is 12.2 Å². The molecule has 0 aromatic rings. The highest BCUT2D eigenvalue weighted by molar-refractivity contribution is 5.85. The monoisotopic (exact) mass is 438 g/mol. The molecule has 0 aliphatic heterocycles. The molecule has 2 heteroatoms. The fourth-order valence-corrected chi connectivity index (χ4v) is 11.2. The van der Waals surface area contributed by atoms with Gasteiger partial charge in [-0.25, -0.2) is 0 Å². The zero-order chi connectivity index (χ0) is 23.3. The smallest absolute Gasteiger partial charge is 0.138 e. The van der Waals surface area contributed by atoms with Gasteiger partial charge < -0.3 is 4.79 Å². The molecule has 32 heavy (non-hydrogen) atoms. The van der Waals surface area contributed by atoms with Crippen molar-refractivity contribution < 1.29 is 9.59 Å². The molecule has 0 radical (unpaired) electrons. The Morgan fingerprint density at radius 2 is 1.59 bits per heavy atom. The van der Waals surface area contributed by atoms with E-state index in [1.54, 1.807) is 0 Å². The van der Waals surface area contributed by atoms with Crippen molar-refractivity contribution in [3.63, 3.8) is 0 Å². The van der Waals surface area contributed by atoms with Crippen LogP contribution in [-0.2, 0) is 9.59 Å². The predicted molar refractivity (Wildman–Crippen MR) is 130 cm³/mol. The van der Waals surface area contributed by atoms with E-state index in [4.69, 9.17) is 0 Å². The molecule has 0 N–H and O–H groups in total. The normalized spacial score (nSPS) is 54.1. The van der Waals surface area contributed by atoms with Gasteiger partial charge in [0.1, 0.15) is 12.1 Å². The topological polar surface area (TPSA) is 34.1 Å².